The number of hydrogen-bond acceptors (Lipinski definition) is 7. The number of carbonyl (C=O) groups is 2. The molecule has 1 aliphatic heterocycles. The van der Waals surface area contributed by atoms with Crippen LogP contribution >= 0.6 is 22.6 Å². The van der Waals surface area contributed by atoms with E-state index < -0.39 is 48.8 Å². The molecule has 1 N–H and O–H groups in total. The lowest BCUT2D eigenvalue weighted by Gasteiger charge is -2.46. The second-order valence-corrected chi connectivity index (χ2v) is 15.4. The highest BCUT2D eigenvalue weighted by molar-refractivity contribution is 14.1. The van der Waals surface area contributed by atoms with Crippen LogP contribution in [0, 0.1) is 0 Å². The van der Waals surface area contributed by atoms with Crippen molar-refractivity contribution in [1.29, 1.82) is 0 Å². The summed E-state index contributed by atoms with van der Waals surface area (Å²) in [4.78, 5) is 23.8. The summed E-state index contributed by atoms with van der Waals surface area (Å²) in [5, 5.41) is 12.5. The lowest BCUT2D eigenvalue weighted by atomic mass is 10.0. The topological polar surface area (TPSA) is 91.3 Å². The molecule has 0 spiro atoms. The monoisotopic (exact) mass is 612 g/mol. The molecule has 1 aliphatic rings. The van der Waals surface area contributed by atoms with Crippen LogP contribution in [0.4, 0.5) is 0 Å². The van der Waals surface area contributed by atoms with Crippen LogP contribution in [-0.2, 0) is 28.2 Å². The van der Waals surface area contributed by atoms with Gasteiger partial charge >= 0.3 is 11.9 Å². The first-order valence-electron chi connectivity index (χ1n) is 11.5. The maximum absolute atomic E-state index is 12.0. The lowest BCUT2D eigenvalue weighted by Crippen LogP contribution is -2.68. The molecule has 35 heavy (non-hydrogen) atoms. The summed E-state index contributed by atoms with van der Waals surface area (Å²) in [6.07, 6.45) is -3.88. The zero-order valence-corrected chi connectivity index (χ0v) is 23.8. The maximum atomic E-state index is 12.0. The summed E-state index contributed by atoms with van der Waals surface area (Å²) < 4.78 is 23.2. The highest BCUT2D eigenvalue weighted by Gasteiger charge is 2.53. The predicted molar refractivity (Wildman–Crippen MR) is 143 cm³/mol. The fourth-order valence-corrected chi connectivity index (χ4v) is 9.94. The van der Waals surface area contributed by atoms with Crippen molar-refractivity contribution in [2.24, 2.45) is 0 Å². The van der Waals surface area contributed by atoms with Gasteiger partial charge in [0.2, 0.25) is 0 Å². The Balaban J connectivity index is 2.04. The first-order valence-corrected chi connectivity index (χ1v) is 14.7. The van der Waals surface area contributed by atoms with Crippen molar-refractivity contribution < 1.29 is 33.3 Å². The standard InChI is InChI=1S/C26H33IO7Si/c1-17(28)32-23-21(34-25(30)22(27)24(23)33-18(2)29)16-31-35(26(3,4)5,19-12-8-6-9-13-19)20-14-10-7-11-15-20/h6-15,21-25,30H,16H2,1-5H3/t21-,22-,23-,24-,25-/m1/s1. The Morgan fingerprint density at radius 1 is 0.914 bits per heavy atom. The molecule has 190 valence electrons. The molecule has 0 aliphatic carbocycles. The summed E-state index contributed by atoms with van der Waals surface area (Å²) >= 11 is 1.95. The molecular weight excluding hydrogens is 579 g/mol. The van der Waals surface area contributed by atoms with Crippen molar-refractivity contribution in [3.63, 3.8) is 0 Å². The third-order valence-corrected chi connectivity index (χ3v) is 12.4. The van der Waals surface area contributed by atoms with Gasteiger partial charge in [-0.3, -0.25) is 9.59 Å². The van der Waals surface area contributed by atoms with Crippen molar-refractivity contribution in [1.82, 2.24) is 0 Å². The van der Waals surface area contributed by atoms with Crippen molar-refractivity contribution in [2.45, 2.75) is 68.2 Å². The molecule has 2 aromatic rings. The van der Waals surface area contributed by atoms with Gasteiger partial charge in [-0.2, -0.15) is 0 Å². The first kappa shape index (κ1) is 27.8. The van der Waals surface area contributed by atoms with E-state index in [1.807, 2.05) is 59.0 Å². The van der Waals surface area contributed by atoms with Crippen LogP contribution in [0.3, 0.4) is 0 Å². The van der Waals surface area contributed by atoms with Gasteiger partial charge in [0.05, 0.1) is 6.61 Å². The third kappa shape index (κ3) is 6.14. The van der Waals surface area contributed by atoms with Crippen molar-refractivity contribution in [3.05, 3.63) is 60.7 Å². The number of aliphatic hydroxyl groups excluding tert-OH is 1. The molecule has 2 aromatic carbocycles. The zero-order valence-electron chi connectivity index (χ0n) is 20.6. The zero-order chi connectivity index (χ0) is 25.8. The van der Waals surface area contributed by atoms with Crippen molar-refractivity contribution >= 4 is 53.2 Å². The quantitative estimate of drug-likeness (QED) is 0.223. The first-order chi connectivity index (χ1) is 16.5. The number of ether oxygens (including phenoxy) is 3. The molecule has 9 heteroatoms. The molecule has 7 nitrogen and oxygen atoms in total. The largest absolute Gasteiger partial charge is 0.457 e. The average molecular weight is 613 g/mol. The van der Waals surface area contributed by atoms with Crippen molar-refractivity contribution in [3.8, 4) is 0 Å². The minimum Gasteiger partial charge on any atom is -0.457 e. The van der Waals surface area contributed by atoms with Crippen LogP contribution in [-0.4, -0.2) is 60.5 Å². The normalized spacial score (nSPS) is 25.1. The van der Waals surface area contributed by atoms with E-state index in [9.17, 15) is 14.7 Å². The minimum atomic E-state index is -2.91. The number of rotatable bonds is 7. The van der Waals surface area contributed by atoms with Crippen LogP contribution in [0.5, 0.6) is 0 Å². The Hall–Kier alpha value is -1.79. The molecule has 0 amide bonds. The highest BCUT2D eigenvalue weighted by Crippen LogP contribution is 2.38. The van der Waals surface area contributed by atoms with E-state index in [4.69, 9.17) is 18.6 Å². The predicted octanol–water partition coefficient (Wildman–Crippen LogP) is 2.95. The van der Waals surface area contributed by atoms with E-state index in [1.165, 1.54) is 13.8 Å². The van der Waals surface area contributed by atoms with Gasteiger partial charge < -0.3 is 23.7 Å². The molecule has 3 rings (SSSR count). The number of alkyl halides is 1. The van der Waals surface area contributed by atoms with E-state index in [-0.39, 0.29) is 11.6 Å². The number of carbonyl (C=O) groups excluding carboxylic acids is 2. The molecule has 0 aromatic heterocycles. The SMILES string of the molecule is CC(=O)O[C@@H]1[C@@H](I)[C@H](O)O[C@H](CO[Si](c2ccccc2)(c2ccccc2)C(C)(C)C)[C@H]1OC(C)=O. The Kier molecular flexibility index (Phi) is 9.14. The number of benzene rings is 2. The van der Waals surface area contributed by atoms with Gasteiger partial charge in [-0.1, -0.05) is 104 Å². The second-order valence-electron chi connectivity index (χ2n) is 9.63. The molecule has 0 unspecified atom stereocenters. The second kappa shape index (κ2) is 11.5. The molecular formula is C26H33IO7Si. The Morgan fingerprint density at radius 3 is 1.80 bits per heavy atom. The van der Waals surface area contributed by atoms with Crippen molar-refractivity contribution in [2.75, 3.05) is 6.61 Å². The van der Waals surface area contributed by atoms with E-state index in [1.54, 1.807) is 0 Å². The third-order valence-electron chi connectivity index (χ3n) is 6.08. The highest BCUT2D eigenvalue weighted by atomic mass is 127. The fraction of sp³-hybridized carbons (Fsp3) is 0.462. The molecule has 1 saturated heterocycles. The summed E-state index contributed by atoms with van der Waals surface area (Å²) in [5.41, 5.74) is 0. The van der Waals surface area contributed by atoms with Gasteiger partial charge in [-0.25, -0.2) is 0 Å². The van der Waals surface area contributed by atoms with Gasteiger partial charge in [-0.05, 0) is 15.4 Å². The Labute approximate surface area is 221 Å². The molecule has 0 radical (unpaired) electrons. The van der Waals surface area contributed by atoms with E-state index in [2.05, 4.69) is 45.0 Å². The number of hydrogen-bond donors (Lipinski definition) is 1. The van der Waals surface area contributed by atoms with Gasteiger partial charge in [0.25, 0.3) is 8.32 Å². The van der Waals surface area contributed by atoms with Gasteiger partial charge in [0, 0.05) is 13.8 Å². The number of esters is 2. The lowest BCUT2D eigenvalue weighted by molar-refractivity contribution is -0.244. The van der Waals surface area contributed by atoms with Crippen LogP contribution < -0.4 is 10.4 Å². The number of halogens is 1. The Bertz CT molecular complexity index is 956. The summed E-state index contributed by atoms with van der Waals surface area (Å²) in [5.74, 6) is -1.07. The minimum absolute atomic E-state index is 0.0312. The molecule has 0 bridgehead atoms. The van der Waals surface area contributed by atoms with Crippen LogP contribution in [0.25, 0.3) is 0 Å². The van der Waals surface area contributed by atoms with Gasteiger partial charge in [0.1, 0.15) is 10.0 Å². The van der Waals surface area contributed by atoms with Crippen LogP contribution in [0.15, 0.2) is 60.7 Å². The molecule has 0 saturated carbocycles. The van der Waals surface area contributed by atoms with E-state index in [0.29, 0.717) is 0 Å². The smallest absolute Gasteiger partial charge is 0.303 e. The van der Waals surface area contributed by atoms with Gasteiger partial charge in [0.15, 0.2) is 18.5 Å². The van der Waals surface area contributed by atoms with Crippen LogP contribution in [0.1, 0.15) is 34.6 Å². The summed E-state index contributed by atoms with van der Waals surface area (Å²) in [6.45, 7) is 9.07. The molecule has 1 fully saturated rings. The average Bonchev–Trinajstić information content (AvgIpc) is 2.79. The number of aliphatic hydroxyl groups is 1. The summed E-state index contributed by atoms with van der Waals surface area (Å²) in [6, 6.07) is 20.2. The fourth-order valence-electron chi connectivity index (χ4n) is 4.65. The Morgan fingerprint density at radius 2 is 1.37 bits per heavy atom. The maximum Gasteiger partial charge on any atom is 0.303 e. The molecule has 5 atom stereocenters. The molecule has 1 heterocycles. The van der Waals surface area contributed by atoms with Crippen LogP contribution in [0.2, 0.25) is 5.04 Å². The summed E-state index contributed by atoms with van der Waals surface area (Å²) in [7, 11) is -2.91. The van der Waals surface area contributed by atoms with E-state index >= 15 is 0 Å². The van der Waals surface area contributed by atoms with E-state index in [0.717, 1.165) is 10.4 Å². The van der Waals surface area contributed by atoms with Gasteiger partial charge in [-0.15, -0.1) is 0 Å².